The zero-order valence-corrected chi connectivity index (χ0v) is 13.6. The molecule has 1 saturated carbocycles. The molecule has 2 unspecified atom stereocenters. The Morgan fingerprint density at radius 1 is 1.33 bits per heavy atom. The Hall–Kier alpha value is -2.89. The SMILES string of the molecule is Cc1cc(C)n(-c2ccc(NC(=O)C3CC3c3ccco3)cn2)n1. The minimum atomic E-state index is -0.0214. The van der Waals surface area contributed by atoms with Gasteiger partial charge in [-0.05, 0) is 50.6 Å². The molecule has 1 aliphatic rings. The average Bonchev–Trinajstić information content (AvgIpc) is 3.03. The number of carbonyl (C=O) groups excluding carboxylic acids is 1. The predicted molar refractivity (Wildman–Crippen MR) is 89.0 cm³/mol. The van der Waals surface area contributed by atoms with Crippen LogP contribution in [0.2, 0.25) is 0 Å². The number of furan rings is 1. The van der Waals surface area contributed by atoms with Crippen molar-refractivity contribution in [1.29, 1.82) is 0 Å². The quantitative estimate of drug-likeness (QED) is 0.800. The molecule has 6 nitrogen and oxygen atoms in total. The summed E-state index contributed by atoms with van der Waals surface area (Å²) in [7, 11) is 0. The third-order valence-corrected chi connectivity index (χ3v) is 4.28. The van der Waals surface area contributed by atoms with Gasteiger partial charge in [0, 0.05) is 17.5 Å². The summed E-state index contributed by atoms with van der Waals surface area (Å²) in [4.78, 5) is 16.7. The van der Waals surface area contributed by atoms with E-state index in [-0.39, 0.29) is 17.7 Å². The molecule has 0 radical (unpaired) electrons. The molecule has 122 valence electrons. The lowest BCUT2D eigenvalue weighted by molar-refractivity contribution is -0.117. The summed E-state index contributed by atoms with van der Waals surface area (Å²) in [6.07, 6.45) is 4.13. The number of nitrogens with one attached hydrogen (secondary N) is 1. The molecular formula is C18H18N4O2. The Labute approximate surface area is 139 Å². The van der Waals surface area contributed by atoms with Crippen molar-refractivity contribution >= 4 is 11.6 Å². The second kappa shape index (κ2) is 5.63. The number of rotatable bonds is 4. The molecular weight excluding hydrogens is 304 g/mol. The van der Waals surface area contributed by atoms with E-state index in [0.29, 0.717) is 5.69 Å². The van der Waals surface area contributed by atoms with Crippen molar-refractivity contribution in [2.24, 2.45) is 5.92 Å². The van der Waals surface area contributed by atoms with Crippen LogP contribution in [-0.4, -0.2) is 20.7 Å². The van der Waals surface area contributed by atoms with E-state index in [1.165, 1.54) is 0 Å². The number of anilines is 1. The highest BCUT2D eigenvalue weighted by atomic mass is 16.3. The van der Waals surface area contributed by atoms with Crippen molar-refractivity contribution in [3.63, 3.8) is 0 Å². The average molecular weight is 322 g/mol. The van der Waals surface area contributed by atoms with Crippen molar-refractivity contribution < 1.29 is 9.21 Å². The van der Waals surface area contributed by atoms with Crippen LogP contribution in [0.1, 0.15) is 29.5 Å². The number of carbonyl (C=O) groups is 1. The first-order valence-electron chi connectivity index (χ1n) is 7.96. The van der Waals surface area contributed by atoms with E-state index in [1.807, 2.05) is 44.2 Å². The number of amides is 1. The third-order valence-electron chi connectivity index (χ3n) is 4.28. The summed E-state index contributed by atoms with van der Waals surface area (Å²) in [5.74, 6) is 1.80. The number of aryl methyl sites for hydroxylation is 2. The first-order valence-corrected chi connectivity index (χ1v) is 7.96. The molecule has 1 aliphatic carbocycles. The van der Waals surface area contributed by atoms with Crippen molar-refractivity contribution in [3.8, 4) is 5.82 Å². The number of nitrogens with zero attached hydrogens (tertiary/aromatic N) is 3. The Balaban J connectivity index is 1.43. The Kier molecular flexibility index (Phi) is 3.45. The minimum absolute atomic E-state index is 0.0112. The number of pyridine rings is 1. The summed E-state index contributed by atoms with van der Waals surface area (Å²) >= 11 is 0. The molecule has 1 N–H and O–H groups in total. The standard InChI is InChI=1S/C18H18N4O2/c1-11-8-12(2)22(21-11)17-6-5-13(10-19-17)20-18(23)15-9-14(15)16-4-3-7-24-16/h3-8,10,14-15H,9H2,1-2H3,(H,20,23). The zero-order valence-electron chi connectivity index (χ0n) is 13.6. The monoisotopic (exact) mass is 322 g/mol. The molecule has 1 fully saturated rings. The number of aromatic nitrogens is 3. The fraction of sp³-hybridized carbons (Fsp3) is 0.278. The highest BCUT2D eigenvalue weighted by Gasteiger charge is 2.45. The minimum Gasteiger partial charge on any atom is -0.469 e. The maximum Gasteiger partial charge on any atom is 0.228 e. The summed E-state index contributed by atoms with van der Waals surface area (Å²) in [6, 6.07) is 9.47. The van der Waals surface area contributed by atoms with Crippen LogP contribution in [0, 0.1) is 19.8 Å². The topological polar surface area (TPSA) is 73.0 Å². The van der Waals surface area contributed by atoms with Crippen molar-refractivity contribution in [2.45, 2.75) is 26.2 Å². The van der Waals surface area contributed by atoms with Gasteiger partial charge in [-0.1, -0.05) is 0 Å². The molecule has 2 atom stereocenters. The predicted octanol–water partition coefficient (Wildman–Crippen LogP) is 3.22. The molecule has 0 aromatic carbocycles. The second-order valence-corrected chi connectivity index (χ2v) is 6.20. The molecule has 0 saturated heterocycles. The largest absolute Gasteiger partial charge is 0.469 e. The fourth-order valence-corrected chi connectivity index (χ4v) is 2.98. The number of hydrogen-bond donors (Lipinski definition) is 1. The molecule has 6 heteroatoms. The molecule has 0 spiro atoms. The van der Waals surface area contributed by atoms with Gasteiger partial charge in [0.2, 0.25) is 5.91 Å². The van der Waals surface area contributed by atoms with Gasteiger partial charge >= 0.3 is 0 Å². The molecule has 0 bridgehead atoms. The molecule has 3 aromatic heterocycles. The molecule has 3 heterocycles. The lowest BCUT2D eigenvalue weighted by Gasteiger charge is -2.07. The maximum atomic E-state index is 12.3. The van der Waals surface area contributed by atoms with E-state index < -0.39 is 0 Å². The van der Waals surface area contributed by atoms with Crippen LogP contribution in [-0.2, 0) is 4.79 Å². The third kappa shape index (κ3) is 2.71. The lowest BCUT2D eigenvalue weighted by Crippen LogP contribution is -2.15. The van der Waals surface area contributed by atoms with E-state index >= 15 is 0 Å². The number of hydrogen-bond acceptors (Lipinski definition) is 4. The van der Waals surface area contributed by atoms with Gasteiger partial charge in [-0.3, -0.25) is 4.79 Å². The second-order valence-electron chi connectivity index (χ2n) is 6.20. The van der Waals surface area contributed by atoms with Crippen molar-refractivity contribution in [1.82, 2.24) is 14.8 Å². The first kappa shape index (κ1) is 14.7. The normalized spacial score (nSPS) is 19.2. The highest BCUT2D eigenvalue weighted by molar-refractivity contribution is 5.95. The zero-order chi connectivity index (χ0) is 16.7. The van der Waals surface area contributed by atoms with Crippen LogP contribution in [0.15, 0.2) is 47.2 Å². The maximum absolute atomic E-state index is 12.3. The highest BCUT2D eigenvalue weighted by Crippen LogP contribution is 2.48. The van der Waals surface area contributed by atoms with Crippen LogP contribution in [0.5, 0.6) is 0 Å². The molecule has 3 aromatic rings. The van der Waals surface area contributed by atoms with Crippen molar-refractivity contribution in [3.05, 3.63) is 59.9 Å². The van der Waals surface area contributed by atoms with Crippen LogP contribution < -0.4 is 5.32 Å². The summed E-state index contributed by atoms with van der Waals surface area (Å²) in [6.45, 7) is 3.93. The van der Waals surface area contributed by atoms with E-state index in [1.54, 1.807) is 17.1 Å². The van der Waals surface area contributed by atoms with Gasteiger partial charge in [0.25, 0.3) is 0 Å². The van der Waals surface area contributed by atoms with Gasteiger partial charge in [0.1, 0.15) is 5.76 Å². The Morgan fingerprint density at radius 2 is 2.21 bits per heavy atom. The lowest BCUT2D eigenvalue weighted by atomic mass is 10.2. The Bertz CT molecular complexity index is 865. The van der Waals surface area contributed by atoms with Gasteiger partial charge in [0.05, 0.1) is 23.8 Å². The van der Waals surface area contributed by atoms with Gasteiger partial charge in [-0.2, -0.15) is 5.10 Å². The van der Waals surface area contributed by atoms with E-state index in [4.69, 9.17) is 4.42 Å². The van der Waals surface area contributed by atoms with Crippen molar-refractivity contribution in [2.75, 3.05) is 5.32 Å². The molecule has 4 rings (SSSR count). The van der Waals surface area contributed by atoms with E-state index in [9.17, 15) is 4.79 Å². The molecule has 0 aliphatic heterocycles. The van der Waals surface area contributed by atoms with Gasteiger partial charge in [-0.15, -0.1) is 0 Å². The summed E-state index contributed by atoms with van der Waals surface area (Å²) in [5, 5.41) is 7.33. The fourth-order valence-electron chi connectivity index (χ4n) is 2.98. The van der Waals surface area contributed by atoms with Crippen LogP contribution in [0.4, 0.5) is 5.69 Å². The van der Waals surface area contributed by atoms with E-state index in [0.717, 1.165) is 29.4 Å². The molecule has 1 amide bonds. The van der Waals surface area contributed by atoms with Crippen LogP contribution in [0.25, 0.3) is 5.82 Å². The van der Waals surface area contributed by atoms with Gasteiger partial charge in [0.15, 0.2) is 5.82 Å². The van der Waals surface area contributed by atoms with Crippen LogP contribution in [0.3, 0.4) is 0 Å². The first-order chi connectivity index (χ1) is 11.6. The van der Waals surface area contributed by atoms with Gasteiger partial charge < -0.3 is 9.73 Å². The Morgan fingerprint density at radius 3 is 2.83 bits per heavy atom. The summed E-state index contributed by atoms with van der Waals surface area (Å²) < 4.78 is 7.15. The molecule has 24 heavy (non-hydrogen) atoms. The van der Waals surface area contributed by atoms with E-state index in [2.05, 4.69) is 15.4 Å². The van der Waals surface area contributed by atoms with Gasteiger partial charge in [-0.25, -0.2) is 9.67 Å². The smallest absolute Gasteiger partial charge is 0.228 e. The van der Waals surface area contributed by atoms with Crippen LogP contribution >= 0.6 is 0 Å². The summed E-state index contributed by atoms with van der Waals surface area (Å²) in [5.41, 5.74) is 2.66.